The van der Waals surface area contributed by atoms with E-state index in [0.717, 1.165) is 0 Å². The Morgan fingerprint density at radius 2 is 2.25 bits per heavy atom. The Balaban J connectivity index is 2.26. The number of ether oxygens (including phenoxy) is 2. The van der Waals surface area contributed by atoms with Crippen molar-refractivity contribution in [3.63, 3.8) is 0 Å². The highest BCUT2D eigenvalue weighted by Crippen LogP contribution is 2.24. The van der Waals surface area contributed by atoms with Gasteiger partial charge in [-0.1, -0.05) is 11.8 Å². The molecule has 1 aliphatic heterocycles. The molecule has 2 N–H and O–H groups in total. The molecule has 0 amide bonds. The number of nitrogens with one attached hydrogen (secondary N) is 1. The third-order valence-electron chi connectivity index (χ3n) is 3.90. The summed E-state index contributed by atoms with van der Waals surface area (Å²) in [6, 6.07) is 0. The fourth-order valence-corrected chi connectivity index (χ4v) is 2.65. The Bertz CT molecular complexity index is 938. The van der Waals surface area contributed by atoms with E-state index in [0.29, 0.717) is 27.7 Å². The molecule has 0 aromatic carbocycles. The van der Waals surface area contributed by atoms with Crippen molar-refractivity contribution in [3.05, 3.63) is 33.4 Å². The van der Waals surface area contributed by atoms with Crippen molar-refractivity contribution in [1.29, 1.82) is 0 Å². The lowest BCUT2D eigenvalue weighted by molar-refractivity contribution is -0.140. The van der Waals surface area contributed by atoms with E-state index in [4.69, 9.17) is 9.47 Å². The van der Waals surface area contributed by atoms with Crippen molar-refractivity contribution in [2.24, 2.45) is 7.05 Å². The van der Waals surface area contributed by atoms with Crippen LogP contribution >= 0.6 is 0 Å². The molecule has 0 bridgehead atoms. The number of esters is 1. The summed E-state index contributed by atoms with van der Waals surface area (Å²) in [5.74, 6) is 5.13. The maximum absolute atomic E-state index is 12.4. The fourth-order valence-electron chi connectivity index (χ4n) is 2.65. The lowest BCUT2D eigenvalue weighted by atomic mass is 10.0. The first-order valence-electron chi connectivity index (χ1n) is 7.58. The van der Waals surface area contributed by atoms with Crippen LogP contribution in [0.3, 0.4) is 0 Å². The summed E-state index contributed by atoms with van der Waals surface area (Å²) in [6.07, 6.45) is 1.55. The molecule has 3 rings (SSSR count). The van der Waals surface area contributed by atoms with Gasteiger partial charge in [-0.3, -0.25) is 4.79 Å². The van der Waals surface area contributed by atoms with Gasteiger partial charge in [-0.25, -0.2) is 4.79 Å². The third kappa shape index (κ3) is 2.60. The second-order valence-corrected chi connectivity index (χ2v) is 5.83. The highest BCUT2D eigenvalue weighted by atomic mass is 16.5. The second-order valence-electron chi connectivity index (χ2n) is 5.83. The van der Waals surface area contributed by atoms with E-state index in [2.05, 4.69) is 16.8 Å². The van der Waals surface area contributed by atoms with Gasteiger partial charge in [0.2, 0.25) is 0 Å². The maximum Gasteiger partial charge on any atom is 0.340 e. The summed E-state index contributed by atoms with van der Waals surface area (Å²) in [6.45, 7) is 3.94. The number of H-pyrrole nitrogens is 1. The van der Waals surface area contributed by atoms with Gasteiger partial charge in [0, 0.05) is 24.3 Å². The molecule has 2 aromatic rings. The maximum atomic E-state index is 12.4. The minimum absolute atomic E-state index is 0.145. The van der Waals surface area contributed by atoms with Crippen LogP contribution in [-0.4, -0.2) is 46.0 Å². The molecule has 1 aliphatic rings. The van der Waals surface area contributed by atoms with E-state index in [1.54, 1.807) is 27.1 Å². The molecule has 1 saturated heterocycles. The van der Waals surface area contributed by atoms with Crippen LogP contribution in [0.15, 0.2) is 11.0 Å². The van der Waals surface area contributed by atoms with Crippen molar-refractivity contribution >= 4 is 16.9 Å². The molecule has 3 heterocycles. The van der Waals surface area contributed by atoms with Gasteiger partial charge in [0.1, 0.15) is 5.52 Å². The predicted molar refractivity (Wildman–Crippen MR) is 86.9 cm³/mol. The summed E-state index contributed by atoms with van der Waals surface area (Å²) in [5.41, 5.74) is 0.156. The minimum Gasteiger partial charge on any atom is -0.462 e. The molecule has 7 nitrogen and oxygen atoms in total. The number of rotatable bonds is 2. The summed E-state index contributed by atoms with van der Waals surface area (Å²) < 4.78 is 11.4. The largest absolute Gasteiger partial charge is 0.462 e. The Morgan fingerprint density at radius 1 is 1.54 bits per heavy atom. The van der Waals surface area contributed by atoms with Gasteiger partial charge in [0.15, 0.2) is 5.60 Å². The zero-order valence-corrected chi connectivity index (χ0v) is 13.7. The highest BCUT2D eigenvalue weighted by Gasteiger charge is 2.34. The summed E-state index contributed by atoms with van der Waals surface area (Å²) >= 11 is 0. The number of carbonyl (C=O) groups excluding carboxylic acids is 1. The van der Waals surface area contributed by atoms with E-state index in [-0.39, 0.29) is 25.4 Å². The van der Waals surface area contributed by atoms with Crippen LogP contribution in [0.4, 0.5) is 0 Å². The number of fused-ring (bicyclic) bond motifs is 1. The van der Waals surface area contributed by atoms with E-state index < -0.39 is 11.6 Å². The standard InChI is InChI=1S/C17H18N2O5/c1-4-24-16(21)12-10(2)18-14-13(12)11(7-19(3)15(14)20)5-6-17(22)8-23-9-17/h7,18,22H,4,8-9H2,1-3H3. The minimum atomic E-state index is -1.18. The van der Waals surface area contributed by atoms with Crippen molar-refractivity contribution in [3.8, 4) is 11.8 Å². The number of aryl methyl sites for hydroxylation is 2. The van der Waals surface area contributed by atoms with Crippen LogP contribution in [0, 0.1) is 18.8 Å². The molecular formula is C17H18N2O5. The van der Waals surface area contributed by atoms with Gasteiger partial charge in [-0.2, -0.15) is 0 Å². The predicted octanol–water partition coefficient (Wildman–Crippen LogP) is 0.465. The van der Waals surface area contributed by atoms with Crippen molar-refractivity contribution in [2.45, 2.75) is 19.4 Å². The van der Waals surface area contributed by atoms with Crippen LogP contribution in [-0.2, 0) is 16.5 Å². The van der Waals surface area contributed by atoms with Gasteiger partial charge in [-0.05, 0) is 13.8 Å². The van der Waals surface area contributed by atoms with Gasteiger partial charge < -0.3 is 24.1 Å². The summed E-state index contributed by atoms with van der Waals surface area (Å²) in [4.78, 5) is 27.6. The van der Waals surface area contributed by atoms with Crippen molar-refractivity contribution in [1.82, 2.24) is 9.55 Å². The average molecular weight is 330 g/mol. The number of carbonyl (C=O) groups is 1. The molecule has 0 radical (unpaired) electrons. The number of aromatic nitrogens is 2. The number of hydrogen-bond donors (Lipinski definition) is 2. The lowest BCUT2D eigenvalue weighted by Gasteiger charge is -2.30. The monoisotopic (exact) mass is 330 g/mol. The van der Waals surface area contributed by atoms with Gasteiger partial charge in [-0.15, -0.1) is 0 Å². The molecule has 0 saturated carbocycles. The van der Waals surface area contributed by atoms with Crippen LogP contribution < -0.4 is 5.56 Å². The lowest BCUT2D eigenvalue weighted by Crippen LogP contribution is -2.48. The zero-order chi connectivity index (χ0) is 17.5. The first kappa shape index (κ1) is 16.3. The van der Waals surface area contributed by atoms with Crippen LogP contribution in [0.1, 0.15) is 28.5 Å². The SMILES string of the molecule is CCOC(=O)c1c(C)[nH]c2c(=O)n(C)cc(C#CC3(O)COC3)c12. The molecule has 0 spiro atoms. The van der Waals surface area contributed by atoms with E-state index in [1.807, 2.05) is 0 Å². The molecule has 0 aliphatic carbocycles. The molecule has 1 fully saturated rings. The molecule has 24 heavy (non-hydrogen) atoms. The van der Waals surface area contributed by atoms with Crippen LogP contribution in [0.5, 0.6) is 0 Å². The van der Waals surface area contributed by atoms with Crippen molar-refractivity contribution in [2.75, 3.05) is 19.8 Å². The number of aromatic amines is 1. The second kappa shape index (κ2) is 5.82. The fraction of sp³-hybridized carbons (Fsp3) is 0.412. The van der Waals surface area contributed by atoms with Crippen molar-refractivity contribution < 1.29 is 19.4 Å². The number of hydrogen-bond acceptors (Lipinski definition) is 5. The van der Waals surface area contributed by atoms with E-state index >= 15 is 0 Å². The molecule has 0 atom stereocenters. The Kier molecular flexibility index (Phi) is 3.95. The third-order valence-corrected chi connectivity index (χ3v) is 3.90. The topological polar surface area (TPSA) is 93.6 Å². The van der Waals surface area contributed by atoms with Gasteiger partial charge in [0.25, 0.3) is 5.56 Å². The smallest absolute Gasteiger partial charge is 0.340 e. The average Bonchev–Trinajstić information content (AvgIpc) is 2.85. The molecule has 2 aromatic heterocycles. The highest BCUT2D eigenvalue weighted by molar-refractivity contribution is 6.07. The van der Waals surface area contributed by atoms with Crippen LogP contribution in [0.2, 0.25) is 0 Å². The summed E-state index contributed by atoms with van der Waals surface area (Å²) in [5, 5.41) is 10.5. The van der Waals surface area contributed by atoms with E-state index in [9.17, 15) is 14.7 Å². The number of aliphatic hydroxyl groups is 1. The number of nitrogens with zero attached hydrogens (tertiary/aromatic N) is 1. The molecule has 7 heteroatoms. The Hall–Kier alpha value is -2.56. The van der Waals surface area contributed by atoms with Gasteiger partial charge in [0.05, 0.1) is 30.9 Å². The molecule has 126 valence electrons. The first-order chi connectivity index (χ1) is 11.4. The number of pyridine rings is 1. The summed E-state index contributed by atoms with van der Waals surface area (Å²) in [7, 11) is 1.61. The zero-order valence-electron chi connectivity index (χ0n) is 13.7. The van der Waals surface area contributed by atoms with E-state index in [1.165, 1.54) is 4.57 Å². The first-order valence-corrected chi connectivity index (χ1v) is 7.58. The quantitative estimate of drug-likeness (QED) is 0.616. The normalized spacial score (nSPS) is 15.5. The van der Waals surface area contributed by atoms with Crippen LogP contribution in [0.25, 0.3) is 10.9 Å². The molecule has 0 unspecified atom stereocenters. The molecular weight excluding hydrogens is 312 g/mol. The Labute approximate surface area is 138 Å². The van der Waals surface area contributed by atoms with Gasteiger partial charge >= 0.3 is 5.97 Å². The Morgan fingerprint density at radius 3 is 2.83 bits per heavy atom.